The number of carbonyl (C=O) groups excluding carboxylic acids is 1. The minimum Gasteiger partial charge on any atom is -0.319 e. The number of nitrogens with one attached hydrogen (secondary N) is 2. The van der Waals surface area contributed by atoms with Crippen LogP contribution in [0, 0.1) is 0 Å². The van der Waals surface area contributed by atoms with Crippen LogP contribution < -0.4 is 10.0 Å². The first-order chi connectivity index (χ1) is 11.4. The molecule has 124 valence electrons. The molecule has 0 unspecified atom stereocenters. The van der Waals surface area contributed by atoms with Crippen LogP contribution in [-0.4, -0.2) is 25.6 Å². The molecular formula is C15H13N3O3S3. The number of amides is 1. The summed E-state index contributed by atoms with van der Waals surface area (Å²) in [5, 5.41) is 7.09. The molecule has 24 heavy (non-hydrogen) atoms. The third kappa shape index (κ3) is 3.99. The maximum atomic E-state index is 12.4. The highest BCUT2D eigenvalue weighted by molar-refractivity contribution is 7.92. The molecule has 0 atom stereocenters. The SMILES string of the molecule is CS(=O)(=O)Nc1ccccc1NC(=O)c1csc(-c2cccs2)n1. The van der Waals surface area contributed by atoms with E-state index in [1.54, 1.807) is 41.0 Å². The zero-order chi connectivity index (χ0) is 17.2. The van der Waals surface area contributed by atoms with Crippen LogP contribution in [0.4, 0.5) is 11.4 Å². The lowest BCUT2D eigenvalue weighted by Crippen LogP contribution is -2.16. The highest BCUT2D eigenvalue weighted by atomic mass is 32.2. The number of aromatic nitrogens is 1. The van der Waals surface area contributed by atoms with Crippen molar-refractivity contribution < 1.29 is 13.2 Å². The Labute approximate surface area is 147 Å². The second-order valence-corrected chi connectivity index (χ2v) is 8.44. The number of rotatable bonds is 5. The third-order valence-corrected chi connectivity index (χ3v) is 5.41. The molecule has 3 rings (SSSR count). The van der Waals surface area contributed by atoms with Crippen LogP contribution in [0.25, 0.3) is 9.88 Å². The van der Waals surface area contributed by atoms with Crippen LogP contribution in [0.5, 0.6) is 0 Å². The molecule has 1 amide bonds. The number of para-hydroxylation sites is 2. The van der Waals surface area contributed by atoms with E-state index in [4.69, 9.17) is 0 Å². The molecule has 0 aliphatic carbocycles. The molecule has 9 heteroatoms. The van der Waals surface area contributed by atoms with Gasteiger partial charge in [0.2, 0.25) is 10.0 Å². The van der Waals surface area contributed by atoms with Crippen LogP contribution in [-0.2, 0) is 10.0 Å². The fourth-order valence-electron chi connectivity index (χ4n) is 1.96. The van der Waals surface area contributed by atoms with Crippen LogP contribution in [0.2, 0.25) is 0 Å². The van der Waals surface area contributed by atoms with Gasteiger partial charge in [-0.3, -0.25) is 9.52 Å². The van der Waals surface area contributed by atoms with Gasteiger partial charge in [0.1, 0.15) is 10.7 Å². The summed E-state index contributed by atoms with van der Waals surface area (Å²) in [6.45, 7) is 0. The van der Waals surface area contributed by atoms with Crippen LogP contribution in [0.1, 0.15) is 10.5 Å². The van der Waals surface area contributed by atoms with Crippen molar-refractivity contribution in [2.24, 2.45) is 0 Å². The van der Waals surface area contributed by atoms with Gasteiger partial charge in [0.25, 0.3) is 5.91 Å². The first-order valence-electron chi connectivity index (χ1n) is 6.80. The van der Waals surface area contributed by atoms with E-state index < -0.39 is 15.9 Å². The number of thiazole rings is 1. The quantitative estimate of drug-likeness (QED) is 0.710. The highest BCUT2D eigenvalue weighted by Gasteiger charge is 2.15. The average molecular weight is 379 g/mol. The number of thiophene rings is 1. The van der Waals surface area contributed by atoms with E-state index in [0.29, 0.717) is 11.4 Å². The molecule has 0 radical (unpaired) electrons. The van der Waals surface area contributed by atoms with Gasteiger partial charge in [0.15, 0.2) is 0 Å². The van der Waals surface area contributed by atoms with Crippen molar-refractivity contribution in [3.05, 3.63) is 52.9 Å². The Kier molecular flexibility index (Phi) is 4.65. The standard InChI is InChI=1S/C15H13N3O3S3/c1-24(20,21)18-11-6-3-2-5-10(11)16-14(19)12-9-23-15(17-12)13-7-4-8-22-13/h2-9,18H,1H3,(H,16,19). The molecular weight excluding hydrogens is 366 g/mol. The Morgan fingerprint density at radius 2 is 1.83 bits per heavy atom. The molecule has 3 aromatic rings. The van der Waals surface area contributed by atoms with E-state index in [-0.39, 0.29) is 5.69 Å². The molecule has 0 saturated carbocycles. The molecule has 0 saturated heterocycles. The summed E-state index contributed by atoms with van der Waals surface area (Å²) in [5.41, 5.74) is 0.971. The van der Waals surface area contributed by atoms with Gasteiger partial charge in [-0.1, -0.05) is 18.2 Å². The van der Waals surface area contributed by atoms with Crippen LogP contribution >= 0.6 is 22.7 Å². The Morgan fingerprint density at radius 1 is 1.08 bits per heavy atom. The van der Waals surface area contributed by atoms with Gasteiger partial charge in [-0.25, -0.2) is 13.4 Å². The lowest BCUT2D eigenvalue weighted by atomic mass is 10.2. The van der Waals surface area contributed by atoms with Crippen LogP contribution in [0.3, 0.4) is 0 Å². The predicted octanol–water partition coefficient (Wildman–Crippen LogP) is 3.50. The van der Waals surface area contributed by atoms with E-state index >= 15 is 0 Å². The highest BCUT2D eigenvalue weighted by Crippen LogP contribution is 2.28. The Hall–Kier alpha value is -2.23. The molecule has 2 aromatic heterocycles. The number of carbonyl (C=O) groups is 1. The first-order valence-corrected chi connectivity index (χ1v) is 10.4. The van der Waals surface area contributed by atoms with Gasteiger partial charge in [-0.05, 0) is 23.6 Å². The van der Waals surface area contributed by atoms with Crippen LogP contribution in [0.15, 0.2) is 47.2 Å². The van der Waals surface area contributed by atoms with Gasteiger partial charge < -0.3 is 5.32 Å². The van der Waals surface area contributed by atoms with Gasteiger partial charge in [0.05, 0.1) is 22.5 Å². The van der Waals surface area contributed by atoms with Crippen molar-refractivity contribution in [1.82, 2.24) is 4.98 Å². The Morgan fingerprint density at radius 3 is 2.50 bits per heavy atom. The summed E-state index contributed by atoms with van der Waals surface area (Å²) >= 11 is 2.94. The molecule has 0 aliphatic heterocycles. The fraction of sp³-hybridized carbons (Fsp3) is 0.0667. The first kappa shape index (κ1) is 16.6. The zero-order valence-electron chi connectivity index (χ0n) is 12.5. The fourth-order valence-corrected chi connectivity index (χ4v) is 4.15. The topological polar surface area (TPSA) is 88.2 Å². The number of hydrogen-bond donors (Lipinski definition) is 2. The van der Waals surface area contributed by atoms with Gasteiger partial charge >= 0.3 is 0 Å². The predicted molar refractivity (Wildman–Crippen MR) is 98.3 cm³/mol. The lowest BCUT2D eigenvalue weighted by Gasteiger charge is -2.10. The van der Waals surface area contributed by atoms with Gasteiger partial charge in [0, 0.05) is 5.38 Å². The molecule has 0 spiro atoms. The van der Waals surface area contributed by atoms with E-state index in [2.05, 4.69) is 15.0 Å². The average Bonchev–Trinajstić information content (AvgIpc) is 3.18. The van der Waals surface area contributed by atoms with E-state index in [0.717, 1.165) is 16.1 Å². The molecule has 2 N–H and O–H groups in total. The van der Waals surface area contributed by atoms with E-state index in [1.807, 2.05) is 17.5 Å². The summed E-state index contributed by atoms with van der Waals surface area (Å²) in [4.78, 5) is 17.7. The zero-order valence-corrected chi connectivity index (χ0v) is 15.0. The molecule has 2 heterocycles. The minimum atomic E-state index is -3.44. The Bertz CT molecular complexity index is 963. The summed E-state index contributed by atoms with van der Waals surface area (Å²) in [6, 6.07) is 10.5. The second-order valence-electron chi connectivity index (χ2n) is 4.89. The largest absolute Gasteiger partial charge is 0.319 e. The number of benzene rings is 1. The Balaban J connectivity index is 1.81. The normalized spacial score (nSPS) is 11.2. The van der Waals surface area contributed by atoms with E-state index in [1.165, 1.54) is 11.3 Å². The van der Waals surface area contributed by atoms with Gasteiger partial charge in [-0.2, -0.15) is 0 Å². The lowest BCUT2D eigenvalue weighted by molar-refractivity contribution is 0.102. The summed E-state index contributed by atoms with van der Waals surface area (Å²) in [6.07, 6.45) is 1.05. The van der Waals surface area contributed by atoms with Gasteiger partial charge in [-0.15, -0.1) is 22.7 Å². The monoisotopic (exact) mass is 379 g/mol. The van der Waals surface area contributed by atoms with Crippen molar-refractivity contribution in [2.75, 3.05) is 16.3 Å². The third-order valence-electron chi connectivity index (χ3n) is 2.94. The number of nitrogens with zero attached hydrogens (tertiary/aromatic N) is 1. The molecule has 0 bridgehead atoms. The van der Waals surface area contributed by atoms with Crippen molar-refractivity contribution in [3.63, 3.8) is 0 Å². The second kappa shape index (κ2) is 6.71. The molecule has 1 aromatic carbocycles. The molecule has 0 fully saturated rings. The summed E-state index contributed by atoms with van der Waals surface area (Å²) in [7, 11) is -3.44. The van der Waals surface area contributed by atoms with Crippen molar-refractivity contribution in [2.45, 2.75) is 0 Å². The minimum absolute atomic E-state index is 0.289. The summed E-state index contributed by atoms with van der Waals surface area (Å²) < 4.78 is 25.2. The van der Waals surface area contributed by atoms with E-state index in [9.17, 15) is 13.2 Å². The maximum Gasteiger partial charge on any atom is 0.275 e. The number of sulfonamides is 1. The smallest absolute Gasteiger partial charge is 0.275 e. The molecule has 6 nitrogen and oxygen atoms in total. The number of anilines is 2. The van der Waals surface area contributed by atoms with Crippen molar-refractivity contribution in [1.29, 1.82) is 0 Å². The maximum absolute atomic E-state index is 12.4. The number of hydrogen-bond acceptors (Lipinski definition) is 6. The van der Waals surface area contributed by atoms with Crippen molar-refractivity contribution >= 4 is 50.0 Å². The molecule has 0 aliphatic rings. The van der Waals surface area contributed by atoms with Crippen molar-refractivity contribution in [3.8, 4) is 9.88 Å². The summed E-state index contributed by atoms with van der Waals surface area (Å²) in [5.74, 6) is -0.392.